The van der Waals surface area contributed by atoms with Crippen molar-refractivity contribution in [3.8, 4) is 0 Å². The Morgan fingerprint density at radius 1 is 1.00 bits per heavy atom. The van der Waals surface area contributed by atoms with Crippen LogP contribution in [0.1, 0.15) is 61.9 Å². The van der Waals surface area contributed by atoms with E-state index in [0.717, 1.165) is 36.9 Å². The first-order chi connectivity index (χ1) is 14.9. The van der Waals surface area contributed by atoms with E-state index in [4.69, 9.17) is 5.73 Å². The van der Waals surface area contributed by atoms with Crippen LogP contribution >= 0.6 is 0 Å². The second-order valence-corrected chi connectivity index (χ2v) is 9.41. The van der Waals surface area contributed by atoms with Crippen LogP contribution < -0.4 is 11.1 Å². The molecule has 1 fully saturated rings. The predicted octanol–water partition coefficient (Wildman–Crippen LogP) is 4.83. The molecule has 1 aliphatic carbocycles. The van der Waals surface area contributed by atoms with Gasteiger partial charge in [-0.25, -0.2) is 0 Å². The van der Waals surface area contributed by atoms with Crippen molar-refractivity contribution < 1.29 is 9.59 Å². The van der Waals surface area contributed by atoms with Gasteiger partial charge in [0.1, 0.15) is 0 Å². The zero-order chi connectivity index (χ0) is 22.3. The van der Waals surface area contributed by atoms with Gasteiger partial charge < -0.3 is 16.0 Å². The van der Waals surface area contributed by atoms with Crippen molar-refractivity contribution in [1.82, 2.24) is 4.90 Å². The van der Waals surface area contributed by atoms with E-state index in [2.05, 4.69) is 19.2 Å². The van der Waals surface area contributed by atoms with E-state index < -0.39 is 0 Å². The summed E-state index contributed by atoms with van der Waals surface area (Å²) in [4.78, 5) is 27.6. The fraction of sp³-hybridized carbons (Fsp3) is 0.462. The monoisotopic (exact) mass is 421 g/mol. The topological polar surface area (TPSA) is 75.4 Å². The van der Waals surface area contributed by atoms with E-state index in [1.807, 2.05) is 47.4 Å². The van der Waals surface area contributed by atoms with E-state index in [0.29, 0.717) is 25.2 Å². The number of carbonyl (C=O) groups excluding carboxylic acids is 2. The predicted molar refractivity (Wildman–Crippen MR) is 126 cm³/mol. The molecule has 2 aromatic carbocycles. The molecular formula is C26H35N3O2. The van der Waals surface area contributed by atoms with Crippen LogP contribution in [0.15, 0.2) is 54.6 Å². The van der Waals surface area contributed by atoms with Gasteiger partial charge in [0, 0.05) is 30.3 Å². The normalized spacial score (nSPS) is 14.8. The van der Waals surface area contributed by atoms with Crippen molar-refractivity contribution >= 4 is 17.5 Å². The Labute approximate surface area is 186 Å². The second-order valence-electron chi connectivity index (χ2n) is 9.41. The lowest BCUT2D eigenvalue weighted by atomic mass is 9.87. The first kappa shape index (κ1) is 23.0. The summed E-state index contributed by atoms with van der Waals surface area (Å²) in [6.07, 6.45) is 5.49. The summed E-state index contributed by atoms with van der Waals surface area (Å²) >= 11 is 0. The Morgan fingerprint density at radius 3 is 2.26 bits per heavy atom. The summed E-state index contributed by atoms with van der Waals surface area (Å²) in [7, 11) is 0. The Hall–Kier alpha value is -2.66. The Kier molecular flexibility index (Phi) is 7.85. The third kappa shape index (κ3) is 6.66. The molecule has 0 unspecified atom stereocenters. The van der Waals surface area contributed by atoms with Gasteiger partial charge in [-0.15, -0.1) is 0 Å². The maximum Gasteiger partial charge on any atom is 0.255 e. The molecule has 2 amide bonds. The van der Waals surface area contributed by atoms with E-state index >= 15 is 0 Å². The first-order valence-electron chi connectivity index (χ1n) is 11.3. The van der Waals surface area contributed by atoms with Gasteiger partial charge in [-0.2, -0.15) is 0 Å². The van der Waals surface area contributed by atoms with E-state index in [9.17, 15) is 9.59 Å². The van der Waals surface area contributed by atoms with Crippen molar-refractivity contribution in [3.63, 3.8) is 0 Å². The number of carbonyl (C=O) groups is 2. The van der Waals surface area contributed by atoms with Crippen LogP contribution in [-0.4, -0.2) is 29.8 Å². The quantitative estimate of drug-likeness (QED) is 0.641. The molecule has 0 heterocycles. The molecule has 1 aliphatic rings. The summed E-state index contributed by atoms with van der Waals surface area (Å²) in [5.74, 6) is 0.251. The van der Waals surface area contributed by atoms with E-state index in [1.165, 1.54) is 6.42 Å². The van der Waals surface area contributed by atoms with Gasteiger partial charge in [0.25, 0.3) is 5.91 Å². The van der Waals surface area contributed by atoms with Gasteiger partial charge in [0.05, 0.1) is 0 Å². The Bertz CT molecular complexity index is 856. The number of hydrogen-bond acceptors (Lipinski definition) is 3. The zero-order valence-electron chi connectivity index (χ0n) is 18.8. The molecule has 0 atom stereocenters. The van der Waals surface area contributed by atoms with E-state index in [-0.39, 0.29) is 23.1 Å². The summed E-state index contributed by atoms with van der Waals surface area (Å²) in [6, 6.07) is 16.9. The number of nitrogens with one attached hydrogen (secondary N) is 1. The van der Waals surface area contributed by atoms with Crippen molar-refractivity contribution in [1.29, 1.82) is 0 Å². The lowest BCUT2D eigenvalue weighted by molar-refractivity contribution is -0.138. The van der Waals surface area contributed by atoms with Gasteiger partial charge in [-0.1, -0.05) is 63.4 Å². The van der Waals surface area contributed by atoms with Gasteiger partial charge >= 0.3 is 0 Å². The van der Waals surface area contributed by atoms with Crippen molar-refractivity contribution in [2.45, 2.75) is 52.5 Å². The Balaban J connectivity index is 1.68. The fourth-order valence-electron chi connectivity index (χ4n) is 4.11. The number of hydrogen-bond donors (Lipinski definition) is 2. The highest BCUT2D eigenvalue weighted by atomic mass is 16.2. The number of anilines is 1. The molecule has 0 aliphatic heterocycles. The molecular weight excluding hydrogens is 386 g/mol. The minimum absolute atomic E-state index is 0.131. The van der Waals surface area contributed by atoms with Gasteiger partial charge in [-0.3, -0.25) is 9.59 Å². The average molecular weight is 422 g/mol. The summed E-state index contributed by atoms with van der Waals surface area (Å²) in [5, 5.41) is 2.92. The maximum absolute atomic E-state index is 13.3. The smallest absolute Gasteiger partial charge is 0.255 e. The summed E-state index contributed by atoms with van der Waals surface area (Å²) in [6.45, 7) is 5.95. The van der Waals surface area contributed by atoms with Crippen molar-refractivity contribution in [2.24, 2.45) is 17.1 Å². The van der Waals surface area contributed by atoms with Crippen LogP contribution in [0.4, 0.5) is 5.69 Å². The number of amides is 2. The second kappa shape index (κ2) is 10.6. The lowest BCUT2D eigenvalue weighted by Crippen LogP contribution is -2.44. The van der Waals surface area contributed by atoms with Crippen LogP contribution in [0.2, 0.25) is 0 Å². The highest BCUT2D eigenvalue weighted by molar-refractivity contribution is 6.04. The van der Waals surface area contributed by atoms with Crippen LogP contribution in [0.3, 0.4) is 0 Å². The third-order valence-electron chi connectivity index (χ3n) is 6.06. The minimum Gasteiger partial charge on any atom is -0.338 e. The summed E-state index contributed by atoms with van der Waals surface area (Å²) < 4.78 is 0. The molecule has 166 valence electrons. The highest BCUT2D eigenvalue weighted by Gasteiger charge is 2.29. The number of nitrogens with two attached hydrogens (primary N) is 1. The van der Waals surface area contributed by atoms with Crippen LogP contribution in [0, 0.1) is 11.3 Å². The first-order valence-corrected chi connectivity index (χ1v) is 11.3. The molecule has 2 aromatic rings. The molecule has 5 nitrogen and oxygen atoms in total. The molecule has 3 rings (SSSR count). The number of benzene rings is 2. The molecule has 0 saturated heterocycles. The van der Waals surface area contributed by atoms with Crippen molar-refractivity contribution in [3.05, 3.63) is 65.7 Å². The number of nitrogens with zero attached hydrogens (tertiary/aromatic N) is 1. The van der Waals surface area contributed by atoms with Crippen molar-refractivity contribution in [2.75, 3.05) is 18.4 Å². The fourth-order valence-corrected chi connectivity index (χ4v) is 4.11. The van der Waals surface area contributed by atoms with Gasteiger partial charge in [0.2, 0.25) is 5.91 Å². The SMILES string of the molecule is CC(C)(CN)CN(Cc1ccc(NC(=O)c2ccccc2)cc1)C(=O)C1CCCCC1. The molecule has 0 aromatic heterocycles. The zero-order valence-corrected chi connectivity index (χ0v) is 18.8. The minimum atomic E-state index is -0.132. The molecule has 1 saturated carbocycles. The van der Waals surface area contributed by atoms with Crippen LogP contribution in [-0.2, 0) is 11.3 Å². The van der Waals surface area contributed by atoms with Gasteiger partial charge in [0.15, 0.2) is 0 Å². The average Bonchev–Trinajstić information content (AvgIpc) is 2.80. The largest absolute Gasteiger partial charge is 0.338 e. The molecule has 0 radical (unpaired) electrons. The number of rotatable bonds is 8. The highest BCUT2D eigenvalue weighted by Crippen LogP contribution is 2.28. The lowest BCUT2D eigenvalue weighted by Gasteiger charge is -2.35. The molecule has 0 bridgehead atoms. The Morgan fingerprint density at radius 2 is 1.65 bits per heavy atom. The molecule has 0 spiro atoms. The summed E-state index contributed by atoms with van der Waals surface area (Å²) in [5.41, 5.74) is 8.25. The molecule has 5 heteroatoms. The van der Waals surface area contributed by atoms with Crippen LogP contribution in [0.5, 0.6) is 0 Å². The van der Waals surface area contributed by atoms with Gasteiger partial charge in [-0.05, 0) is 54.6 Å². The molecule has 31 heavy (non-hydrogen) atoms. The van der Waals surface area contributed by atoms with Crippen LogP contribution in [0.25, 0.3) is 0 Å². The standard InChI is InChI=1S/C26H35N3O2/c1-26(2,18-27)19-29(25(31)22-11-7-4-8-12-22)17-20-13-15-23(16-14-20)28-24(30)21-9-5-3-6-10-21/h3,5-6,9-10,13-16,22H,4,7-8,11-12,17-19,27H2,1-2H3,(H,28,30). The third-order valence-corrected chi connectivity index (χ3v) is 6.06. The maximum atomic E-state index is 13.3. The van der Waals surface area contributed by atoms with E-state index in [1.54, 1.807) is 12.1 Å². The molecule has 3 N–H and O–H groups in total.